The number of esters is 1. The summed E-state index contributed by atoms with van der Waals surface area (Å²) >= 11 is 0. The van der Waals surface area contributed by atoms with Crippen LogP contribution in [0.3, 0.4) is 0 Å². The summed E-state index contributed by atoms with van der Waals surface area (Å²) in [5.74, 6) is 3.22. The minimum absolute atomic E-state index is 0.149. The minimum atomic E-state index is -0.909. The van der Waals surface area contributed by atoms with Crippen molar-refractivity contribution >= 4 is 18.0 Å². The first-order valence-corrected chi connectivity index (χ1v) is 8.71. The molecule has 1 atom stereocenters. The Bertz CT molecular complexity index is 937. The Morgan fingerprint density at radius 2 is 2.19 bits per heavy atom. The molecule has 6 heteroatoms. The van der Waals surface area contributed by atoms with Crippen molar-refractivity contribution < 1.29 is 14.3 Å². The SMILES string of the molecule is COC(=O)C1=CCC=C(CCNC(=O)C2(C)C#Cn3ccnc3C=C2)C=C1. The molecule has 6 nitrogen and oxygen atoms in total. The standard InChI is InChI=1S/C21H21N3O3/c1-21(10-8-18-22-13-15-24(18)14-11-21)20(26)23-12-9-16-4-3-5-17(7-6-16)19(25)27-2/h4-8,10,13,15H,3,9,12H2,1-2H3,(H,23,26). The third-order valence-corrected chi connectivity index (χ3v) is 4.46. The normalized spacial score (nSPS) is 20.2. The van der Waals surface area contributed by atoms with E-state index in [2.05, 4.69) is 22.3 Å². The van der Waals surface area contributed by atoms with Crippen LogP contribution in [0.4, 0.5) is 0 Å². The van der Waals surface area contributed by atoms with E-state index in [9.17, 15) is 9.59 Å². The van der Waals surface area contributed by atoms with Gasteiger partial charge in [0, 0.05) is 25.0 Å². The van der Waals surface area contributed by atoms with Crippen molar-refractivity contribution in [1.29, 1.82) is 0 Å². The molecule has 2 heterocycles. The largest absolute Gasteiger partial charge is 0.465 e. The van der Waals surface area contributed by atoms with Crippen LogP contribution in [0.15, 0.2) is 53.9 Å². The van der Waals surface area contributed by atoms with Gasteiger partial charge in [-0.1, -0.05) is 30.2 Å². The minimum Gasteiger partial charge on any atom is -0.465 e. The quantitative estimate of drug-likeness (QED) is 0.643. The van der Waals surface area contributed by atoms with Crippen LogP contribution < -0.4 is 5.32 Å². The zero-order chi connectivity index (χ0) is 19.3. The van der Waals surface area contributed by atoms with Crippen LogP contribution in [0.25, 0.3) is 6.08 Å². The van der Waals surface area contributed by atoms with Crippen LogP contribution in [0.1, 0.15) is 25.6 Å². The second-order valence-corrected chi connectivity index (χ2v) is 6.43. The number of aromatic nitrogens is 2. The average molecular weight is 363 g/mol. The number of hydrogen-bond donors (Lipinski definition) is 1. The monoisotopic (exact) mass is 363 g/mol. The molecule has 1 aliphatic heterocycles. The van der Waals surface area contributed by atoms with Gasteiger partial charge in [-0.15, -0.1) is 0 Å². The molecule has 138 valence electrons. The van der Waals surface area contributed by atoms with E-state index in [1.165, 1.54) is 7.11 Å². The maximum absolute atomic E-state index is 12.6. The topological polar surface area (TPSA) is 73.2 Å². The smallest absolute Gasteiger partial charge is 0.337 e. The summed E-state index contributed by atoms with van der Waals surface area (Å²) in [7, 11) is 1.37. The summed E-state index contributed by atoms with van der Waals surface area (Å²) < 4.78 is 6.43. The van der Waals surface area contributed by atoms with Gasteiger partial charge in [0.25, 0.3) is 0 Å². The van der Waals surface area contributed by atoms with Gasteiger partial charge in [-0.2, -0.15) is 0 Å². The van der Waals surface area contributed by atoms with E-state index in [1.54, 1.807) is 42.1 Å². The van der Waals surface area contributed by atoms with Crippen LogP contribution in [-0.2, 0) is 14.3 Å². The van der Waals surface area contributed by atoms with Gasteiger partial charge in [0.15, 0.2) is 0 Å². The molecule has 0 spiro atoms. The van der Waals surface area contributed by atoms with Crippen LogP contribution in [0.2, 0.25) is 0 Å². The van der Waals surface area contributed by atoms with Gasteiger partial charge in [-0.25, -0.2) is 9.78 Å². The first kappa shape index (κ1) is 18.5. The number of ether oxygens (including phenoxy) is 1. The fraction of sp³-hybridized carbons (Fsp3) is 0.286. The highest BCUT2D eigenvalue weighted by Gasteiger charge is 2.29. The lowest BCUT2D eigenvalue weighted by Gasteiger charge is -2.18. The molecule has 1 aromatic rings. The molecule has 0 fully saturated rings. The molecular weight excluding hydrogens is 342 g/mol. The number of methoxy groups -OCH3 is 1. The molecule has 2 aliphatic rings. The molecule has 0 radical (unpaired) electrons. The van der Waals surface area contributed by atoms with Gasteiger partial charge in [0.05, 0.1) is 12.7 Å². The number of fused-ring (bicyclic) bond motifs is 1. The Hall–Kier alpha value is -3.33. The number of carbonyl (C=O) groups excluding carboxylic acids is 2. The molecule has 1 N–H and O–H groups in total. The summed E-state index contributed by atoms with van der Waals surface area (Å²) in [6, 6.07) is 2.95. The lowest BCUT2D eigenvalue weighted by Crippen LogP contribution is -2.37. The Balaban J connectivity index is 1.56. The molecule has 1 aromatic heterocycles. The Morgan fingerprint density at radius 3 is 3.00 bits per heavy atom. The predicted molar refractivity (Wildman–Crippen MR) is 102 cm³/mol. The van der Waals surface area contributed by atoms with Crippen molar-refractivity contribution in [2.24, 2.45) is 5.41 Å². The van der Waals surface area contributed by atoms with Crippen molar-refractivity contribution in [1.82, 2.24) is 14.9 Å². The molecule has 0 aromatic carbocycles. The molecule has 1 unspecified atom stereocenters. The predicted octanol–water partition coefficient (Wildman–Crippen LogP) is 2.22. The van der Waals surface area contributed by atoms with E-state index in [1.807, 2.05) is 18.2 Å². The van der Waals surface area contributed by atoms with Crippen molar-refractivity contribution in [2.45, 2.75) is 19.8 Å². The highest BCUT2D eigenvalue weighted by Crippen LogP contribution is 2.21. The Labute approximate surface area is 158 Å². The van der Waals surface area contributed by atoms with Gasteiger partial charge in [-0.3, -0.25) is 9.36 Å². The molecule has 27 heavy (non-hydrogen) atoms. The molecule has 0 saturated carbocycles. The molecule has 1 aliphatic carbocycles. The third-order valence-electron chi connectivity index (χ3n) is 4.46. The van der Waals surface area contributed by atoms with Crippen LogP contribution in [0.5, 0.6) is 0 Å². The van der Waals surface area contributed by atoms with Crippen LogP contribution in [-0.4, -0.2) is 35.1 Å². The maximum atomic E-state index is 12.6. The number of nitrogens with zero attached hydrogens (tertiary/aromatic N) is 2. The molecular formula is C21H21N3O3. The second-order valence-electron chi connectivity index (χ2n) is 6.43. The highest BCUT2D eigenvalue weighted by atomic mass is 16.5. The second kappa shape index (κ2) is 7.92. The van der Waals surface area contributed by atoms with Crippen LogP contribution >= 0.6 is 0 Å². The van der Waals surface area contributed by atoms with E-state index in [0.717, 1.165) is 5.57 Å². The number of carbonyl (C=O) groups is 2. The van der Waals surface area contributed by atoms with E-state index >= 15 is 0 Å². The number of nitrogens with one attached hydrogen (secondary N) is 1. The van der Waals surface area contributed by atoms with E-state index in [-0.39, 0.29) is 11.9 Å². The zero-order valence-electron chi connectivity index (χ0n) is 15.4. The highest BCUT2D eigenvalue weighted by molar-refractivity contribution is 5.91. The van der Waals surface area contributed by atoms with Gasteiger partial charge in [-0.05, 0) is 37.5 Å². The maximum Gasteiger partial charge on any atom is 0.337 e. The average Bonchev–Trinajstić information content (AvgIpc) is 2.90. The van der Waals surface area contributed by atoms with E-state index in [0.29, 0.717) is 30.8 Å². The third kappa shape index (κ3) is 4.26. The first-order chi connectivity index (χ1) is 13.0. The van der Waals surface area contributed by atoms with Gasteiger partial charge in [0.1, 0.15) is 11.2 Å². The summed E-state index contributed by atoms with van der Waals surface area (Å²) in [4.78, 5) is 28.4. The lowest BCUT2D eigenvalue weighted by atomic mass is 9.90. The molecule has 0 bridgehead atoms. The summed E-state index contributed by atoms with van der Waals surface area (Å²) in [5, 5.41) is 2.95. The summed E-state index contributed by atoms with van der Waals surface area (Å²) in [5.41, 5.74) is 0.684. The lowest BCUT2D eigenvalue weighted by molar-refractivity contribution is -0.135. The molecule has 1 amide bonds. The fourth-order valence-electron chi connectivity index (χ4n) is 2.75. The van der Waals surface area contributed by atoms with Gasteiger partial charge >= 0.3 is 5.97 Å². The van der Waals surface area contributed by atoms with E-state index in [4.69, 9.17) is 4.74 Å². The fourth-order valence-corrected chi connectivity index (χ4v) is 2.75. The summed E-state index contributed by atoms with van der Waals surface area (Å²) in [6.07, 6.45) is 15.8. The van der Waals surface area contributed by atoms with E-state index < -0.39 is 5.41 Å². The zero-order valence-corrected chi connectivity index (χ0v) is 15.4. The number of amides is 1. The number of imidazole rings is 1. The van der Waals surface area contributed by atoms with Gasteiger partial charge in [0.2, 0.25) is 5.91 Å². The summed E-state index contributed by atoms with van der Waals surface area (Å²) in [6.45, 7) is 2.27. The van der Waals surface area contributed by atoms with Crippen molar-refractivity contribution in [2.75, 3.05) is 13.7 Å². The van der Waals surface area contributed by atoms with Crippen LogP contribution in [0, 0.1) is 17.4 Å². The van der Waals surface area contributed by atoms with Crippen molar-refractivity contribution in [3.05, 3.63) is 59.7 Å². The van der Waals surface area contributed by atoms with Crippen molar-refractivity contribution in [3.8, 4) is 12.0 Å². The molecule has 3 rings (SSSR count). The van der Waals surface area contributed by atoms with Gasteiger partial charge < -0.3 is 10.1 Å². The Morgan fingerprint density at radius 1 is 1.33 bits per heavy atom. The first-order valence-electron chi connectivity index (χ1n) is 8.71. The number of hydrogen-bond acceptors (Lipinski definition) is 4. The Kier molecular flexibility index (Phi) is 5.41. The molecule has 0 saturated heterocycles. The number of rotatable bonds is 5. The van der Waals surface area contributed by atoms with Crippen molar-refractivity contribution in [3.63, 3.8) is 0 Å². The number of allylic oxidation sites excluding steroid dienone is 3.